The molecule has 0 fully saturated rings. The van der Waals surface area contributed by atoms with Crippen LogP contribution in [0.4, 0.5) is 5.69 Å². The molecule has 1 atom stereocenters. The number of nitrogens with one attached hydrogen (secondary N) is 1. The van der Waals surface area contributed by atoms with E-state index in [4.69, 9.17) is 9.47 Å². The van der Waals surface area contributed by atoms with Gasteiger partial charge in [0.25, 0.3) is 5.91 Å². The van der Waals surface area contributed by atoms with Gasteiger partial charge in [0.15, 0.2) is 6.10 Å². The number of methoxy groups -OCH3 is 1. The molecular weight excluding hydrogens is 398 g/mol. The molecule has 0 aliphatic heterocycles. The number of carbonyl (C=O) groups is 2. The van der Waals surface area contributed by atoms with Crippen LogP contribution < -0.4 is 10.1 Å². The van der Waals surface area contributed by atoms with Gasteiger partial charge in [0, 0.05) is 16.1 Å². The number of para-hydroxylation sites is 1. The summed E-state index contributed by atoms with van der Waals surface area (Å²) in [5.74, 6) is -0.612. The predicted octanol–water partition coefficient (Wildman–Crippen LogP) is 5.27. The smallest absolute Gasteiger partial charge is 0.342 e. The number of ether oxygens (including phenoxy) is 2. The molecule has 1 N–H and O–H groups in total. The molecule has 0 heterocycles. The van der Waals surface area contributed by atoms with E-state index in [0.717, 1.165) is 16.0 Å². The van der Waals surface area contributed by atoms with Crippen LogP contribution in [0.1, 0.15) is 17.3 Å². The minimum absolute atomic E-state index is 0.277. The van der Waals surface area contributed by atoms with Gasteiger partial charge in [-0.15, -0.1) is 11.8 Å². The van der Waals surface area contributed by atoms with Crippen LogP contribution in [0.2, 0.25) is 0 Å². The van der Waals surface area contributed by atoms with Gasteiger partial charge >= 0.3 is 5.97 Å². The lowest BCUT2D eigenvalue weighted by Crippen LogP contribution is -2.30. The normalized spacial score (nSPS) is 11.4. The number of anilines is 1. The highest BCUT2D eigenvalue weighted by molar-refractivity contribution is 7.98. The summed E-state index contributed by atoms with van der Waals surface area (Å²) in [6, 6.07) is 22.5. The Morgan fingerprint density at radius 2 is 1.67 bits per heavy atom. The van der Waals surface area contributed by atoms with Crippen molar-refractivity contribution in [3.63, 3.8) is 0 Å². The highest BCUT2D eigenvalue weighted by Gasteiger charge is 2.22. The van der Waals surface area contributed by atoms with Gasteiger partial charge in [0.1, 0.15) is 11.3 Å². The standard InChI is InChI=1S/C24H23NO4S/c1-16(29-24(27)20-14-13-18(30-3)15-22(20)28-2)23(26)25-21-12-8-7-11-19(21)17-9-5-4-6-10-17/h4-16H,1-3H3,(H,25,26)/t16-/m1/s1. The third-order valence-electron chi connectivity index (χ3n) is 4.55. The molecule has 0 saturated heterocycles. The van der Waals surface area contributed by atoms with Crippen molar-refractivity contribution in [1.82, 2.24) is 0 Å². The van der Waals surface area contributed by atoms with Gasteiger partial charge in [-0.3, -0.25) is 4.79 Å². The van der Waals surface area contributed by atoms with Crippen LogP contribution in [0.5, 0.6) is 5.75 Å². The van der Waals surface area contributed by atoms with Crippen molar-refractivity contribution < 1.29 is 19.1 Å². The molecule has 6 heteroatoms. The Hall–Kier alpha value is -3.25. The van der Waals surface area contributed by atoms with Gasteiger partial charge in [-0.25, -0.2) is 4.79 Å². The molecule has 5 nitrogen and oxygen atoms in total. The summed E-state index contributed by atoms with van der Waals surface area (Å²) in [6.07, 6.45) is 0.957. The topological polar surface area (TPSA) is 64.6 Å². The van der Waals surface area contributed by atoms with Crippen LogP contribution in [0.3, 0.4) is 0 Å². The van der Waals surface area contributed by atoms with E-state index >= 15 is 0 Å². The van der Waals surface area contributed by atoms with Crippen LogP contribution >= 0.6 is 11.8 Å². The first kappa shape index (κ1) is 21.5. The highest BCUT2D eigenvalue weighted by Crippen LogP contribution is 2.28. The maximum Gasteiger partial charge on any atom is 0.342 e. The van der Waals surface area contributed by atoms with Crippen LogP contribution in [0.25, 0.3) is 11.1 Å². The van der Waals surface area contributed by atoms with E-state index in [1.807, 2.05) is 66.9 Å². The average molecular weight is 422 g/mol. The van der Waals surface area contributed by atoms with Crippen LogP contribution in [0.15, 0.2) is 77.7 Å². The maximum atomic E-state index is 12.7. The lowest BCUT2D eigenvalue weighted by molar-refractivity contribution is -0.123. The van der Waals surface area contributed by atoms with Crippen molar-refractivity contribution >= 4 is 29.3 Å². The van der Waals surface area contributed by atoms with Crippen molar-refractivity contribution in [3.8, 4) is 16.9 Å². The van der Waals surface area contributed by atoms with E-state index in [2.05, 4.69) is 5.32 Å². The maximum absolute atomic E-state index is 12.7. The van der Waals surface area contributed by atoms with Gasteiger partial charge < -0.3 is 14.8 Å². The fraction of sp³-hybridized carbons (Fsp3) is 0.167. The molecule has 0 saturated carbocycles. The first-order chi connectivity index (χ1) is 14.5. The summed E-state index contributed by atoms with van der Waals surface area (Å²) in [5.41, 5.74) is 2.80. The van der Waals surface area contributed by atoms with Gasteiger partial charge in [-0.2, -0.15) is 0 Å². The number of carbonyl (C=O) groups excluding carboxylic acids is 2. The SMILES string of the molecule is COc1cc(SC)ccc1C(=O)O[C@H](C)C(=O)Nc1ccccc1-c1ccccc1. The van der Waals surface area contributed by atoms with E-state index in [1.165, 1.54) is 7.11 Å². The first-order valence-corrected chi connectivity index (χ1v) is 10.6. The largest absolute Gasteiger partial charge is 0.496 e. The number of thioether (sulfide) groups is 1. The van der Waals surface area contributed by atoms with Gasteiger partial charge in [0.2, 0.25) is 0 Å². The number of esters is 1. The lowest BCUT2D eigenvalue weighted by Gasteiger charge is -2.17. The Bertz CT molecular complexity index is 1040. The fourth-order valence-corrected chi connectivity index (χ4v) is 3.37. The van der Waals surface area contributed by atoms with Gasteiger partial charge in [0.05, 0.1) is 7.11 Å². The molecule has 0 spiro atoms. The monoisotopic (exact) mass is 421 g/mol. The Morgan fingerprint density at radius 3 is 2.37 bits per heavy atom. The minimum atomic E-state index is -0.980. The van der Waals surface area contributed by atoms with Gasteiger partial charge in [-0.1, -0.05) is 48.5 Å². The quantitative estimate of drug-likeness (QED) is 0.416. The molecule has 30 heavy (non-hydrogen) atoms. The van der Waals surface area contributed by atoms with E-state index in [0.29, 0.717) is 11.4 Å². The Kier molecular flexibility index (Phi) is 7.14. The van der Waals surface area contributed by atoms with Crippen LogP contribution in [0, 0.1) is 0 Å². The lowest BCUT2D eigenvalue weighted by atomic mass is 10.0. The summed E-state index contributed by atoms with van der Waals surface area (Å²) in [5, 5.41) is 2.86. The van der Waals surface area contributed by atoms with E-state index in [1.54, 1.807) is 30.8 Å². The molecule has 0 unspecified atom stereocenters. The van der Waals surface area contributed by atoms with E-state index in [9.17, 15) is 9.59 Å². The predicted molar refractivity (Wildman–Crippen MR) is 120 cm³/mol. The number of hydrogen-bond acceptors (Lipinski definition) is 5. The molecule has 1 amide bonds. The molecule has 0 bridgehead atoms. The number of hydrogen-bond donors (Lipinski definition) is 1. The second-order valence-electron chi connectivity index (χ2n) is 6.51. The highest BCUT2D eigenvalue weighted by atomic mass is 32.2. The molecule has 3 aromatic carbocycles. The Balaban J connectivity index is 1.73. The second-order valence-corrected chi connectivity index (χ2v) is 7.39. The minimum Gasteiger partial charge on any atom is -0.496 e. The van der Waals surface area contributed by atoms with Gasteiger partial charge in [-0.05, 0) is 43.0 Å². The van der Waals surface area contributed by atoms with Crippen molar-refractivity contribution in [1.29, 1.82) is 0 Å². The van der Waals surface area contributed by atoms with Crippen LogP contribution in [-0.4, -0.2) is 31.3 Å². The third-order valence-corrected chi connectivity index (χ3v) is 5.28. The summed E-state index contributed by atoms with van der Waals surface area (Å²) < 4.78 is 10.7. The average Bonchev–Trinajstić information content (AvgIpc) is 2.79. The van der Waals surface area contributed by atoms with Crippen molar-refractivity contribution in [3.05, 3.63) is 78.4 Å². The summed E-state index contributed by atoms with van der Waals surface area (Å²) in [7, 11) is 1.49. The third kappa shape index (κ3) is 5.02. The van der Waals surface area contributed by atoms with E-state index < -0.39 is 18.0 Å². The van der Waals surface area contributed by atoms with Crippen molar-refractivity contribution in [2.45, 2.75) is 17.9 Å². The molecule has 154 valence electrons. The molecular formula is C24H23NO4S. The van der Waals surface area contributed by atoms with Crippen molar-refractivity contribution in [2.24, 2.45) is 0 Å². The summed E-state index contributed by atoms with van der Waals surface area (Å²) >= 11 is 1.54. The number of benzene rings is 3. The first-order valence-electron chi connectivity index (χ1n) is 9.41. The summed E-state index contributed by atoms with van der Waals surface area (Å²) in [4.78, 5) is 26.3. The van der Waals surface area contributed by atoms with Crippen LogP contribution in [-0.2, 0) is 9.53 Å². The molecule has 0 aliphatic rings. The zero-order valence-corrected chi connectivity index (χ0v) is 17.9. The second kappa shape index (κ2) is 9.98. The zero-order chi connectivity index (χ0) is 21.5. The van der Waals surface area contributed by atoms with E-state index in [-0.39, 0.29) is 5.56 Å². The Labute approximate surface area is 180 Å². The molecule has 3 aromatic rings. The molecule has 0 aliphatic carbocycles. The van der Waals surface area contributed by atoms with Crippen molar-refractivity contribution in [2.75, 3.05) is 18.7 Å². The molecule has 0 radical (unpaired) electrons. The number of rotatable bonds is 7. The number of amides is 1. The fourth-order valence-electron chi connectivity index (χ4n) is 2.94. The summed E-state index contributed by atoms with van der Waals surface area (Å²) in [6.45, 7) is 1.54. The Morgan fingerprint density at radius 1 is 0.967 bits per heavy atom. The molecule has 3 rings (SSSR count). The molecule has 0 aromatic heterocycles. The zero-order valence-electron chi connectivity index (χ0n) is 17.0.